The van der Waals surface area contributed by atoms with Gasteiger partial charge in [-0.25, -0.2) is 4.98 Å². The van der Waals surface area contributed by atoms with E-state index in [4.69, 9.17) is 1.37 Å². The standard InChI is InChI=1S/3C31H47NO2.C26H42O2.C5H4BrN.CH3FS.2CH4/c3*1-5-31(34)18-17-29(3)22(20-31)10-11-23-25-13-12-24(30(25,4)16-15-26(23)29)21(2)9-14-28(33)27-8-6-7-19-32-27;1-5-26(28)15-14-24(3)19(17-26)8-9-20-22-11-10-21(18(2)7-6-16-27)25(22,4)13-12-23(20)24;6-5-3-1-2-4-7-5;1-3-2;;/h3*6-8,10,19,21,23-26,28,33-34H,5,9,11-18,20H2,1-4H3;8,16,18,20-23,28H,5-7,9-15,17H2,1-4H3;1-4H;1H3;2*1H4/t21-,23+,24-,25+,26+,28?,29+,30-,31+;21-,23+,24-,25+,26+,28+,29+,30-,31+;21-,23+,24-,25+,26+,28-,29+,30-,31+;18-,20+,21-,22+,23+,24+,25-,26+;;;;/m1111..../s1/i;;;;;;1D;. The fraction of sp³-hybridized carbons (Fsp3) is 0.772. The number of allylic oxidation sites excluding steroid dienone is 4. The Morgan fingerprint density at radius 3 is 0.810 bits per heavy atom. The largest absolute Gasteiger partial charge is 0.390 e. The first-order valence-electron chi connectivity index (χ1n) is 58.3. The Labute approximate surface area is 876 Å². The number of aliphatic hydroxyl groups excluding tert-OH is 3. The van der Waals surface area contributed by atoms with Crippen LogP contribution >= 0.6 is 28.1 Å². The summed E-state index contributed by atoms with van der Waals surface area (Å²) < 4.78 is 16.8. The van der Waals surface area contributed by atoms with Crippen molar-refractivity contribution in [2.24, 2.45) is 162 Å². The van der Waals surface area contributed by atoms with E-state index in [2.05, 4.69) is 171 Å². The number of carbonyl (C=O) groups excluding carboxylic acids is 1. The molecule has 16 aliphatic carbocycles. The third kappa shape index (κ3) is 23.1. The lowest BCUT2D eigenvalue weighted by Crippen LogP contribution is -2.52. The molecule has 0 amide bonds. The number of rotatable bonds is 23. The molecule has 0 aromatic carbocycles. The van der Waals surface area contributed by atoms with Gasteiger partial charge in [-0.3, -0.25) is 15.0 Å². The number of aromatic nitrogens is 4. The normalized spacial score (nSPS) is 41.3. The first kappa shape index (κ1) is 113. The number of carbonyl (C=O) groups is 1. The Morgan fingerprint density at radius 1 is 0.366 bits per heavy atom. The third-order valence-electron chi connectivity index (χ3n) is 45.8. The lowest BCUT2D eigenvalue weighted by Gasteiger charge is -2.59. The van der Waals surface area contributed by atoms with E-state index in [0.717, 1.165) is 251 Å². The number of nitrogens with zero attached hydrogens (tertiary/aromatic N) is 4. The summed E-state index contributed by atoms with van der Waals surface area (Å²) in [5.41, 5.74) is 9.98. The fourth-order valence-electron chi connectivity index (χ4n) is 36.9. The highest BCUT2D eigenvalue weighted by Gasteiger charge is 2.66. The highest BCUT2D eigenvalue weighted by molar-refractivity contribution is 9.10. The van der Waals surface area contributed by atoms with Gasteiger partial charge in [0.2, 0.25) is 0 Å². The van der Waals surface area contributed by atoms with Crippen LogP contribution in [0.2, 0.25) is 0 Å². The van der Waals surface area contributed by atoms with Crippen LogP contribution in [0.15, 0.2) is 149 Å². The van der Waals surface area contributed by atoms with Gasteiger partial charge in [0.1, 0.15) is 10.9 Å². The fourth-order valence-corrected chi connectivity index (χ4v) is 37.1. The smallest absolute Gasteiger partial charge is 0.120 e. The van der Waals surface area contributed by atoms with Gasteiger partial charge in [-0.1, -0.05) is 196 Å². The van der Waals surface area contributed by atoms with Gasteiger partial charge in [-0.15, -0.1) is 0 Å². The summed E-state index contributed by atoms with van der Waals surface area (Å²) in [5.74, 6) is 15.6. The number of aliphatic hydroxyl groups is 7. The van der Waals surface area contributed by atoms with E-state index in [-0.39, 0.29) is 19.6 Å². The van der Waals surface area contributed by atoms with Gasteiger partial charge >= 0.3 is 0 Å². The quantitative estimate of drug-likeness (QED) is 0.0210. The zero-order valence-electron chi connectivity index (χ0n) is 92.0. The summed E-state index contributed by atoms with van der Waals surface area (Å²) >= 11 is 3.45. The van der Waals surface area contributed by atoms with Crippen molar-refractivity contribution in [3.05, 3.63) is 166 Å². The zero-order chi connectivity index (χ0) is 102. The lowest BCUT2D eigenvalue weighted by atomic mass is 9.46. The molecule has 0 saturated heterocycles. The van der Waals surface area contributed by atoms with Gasteiger partial charge in [-0.2, -0.15) is 3.89 Å². The maximum atomic E-state index is 11.0. The number of hydrogen-bond acceptors (Lipinski definition) is 13. The predicted molar refractivity (Wildman–Crippen MR) is 589 cm³/mol. The number of fused-ring (bicyclic) bond motifs is 20. The summed E-state index contributed by atoms with van der Waals surface area (Å²) in [5, 5.41) is 76.0. The maximum Gasteiger partial charge on any atom is 0.120 e. The van der Waals surface area contributed by atoms with Crippen LogP contribution in [0.3, 0.4) is 0 Å². The van der Waals surface area contributed by atoms with Crippen LogP contribution in [0.25, 0.3) is 0 Å². The Kier molecular flexibility index (Phi) is 37.7. The minimum absolute atomic E-state index is 0. The second-order valence-electron chi connectivity index (χ2n) is 52.0. The van der Waals surface area contributed by atoms with Crippen LogP contribution in [0.1, 0.15) is 445 Å². The Bertz CT molecular complexity index is 4470. The van der Waals surface area contributed by atoms with Crippen molar-refractivity contribution in [2.45, 2.75) is 449 Å². The summed E-state index contributed by atoms with van der Waals surface area (Å²) in [6.45, 7) is 39.0. The van der Waals surface area contributed by atoms with E-state index < -0.39 is 40.7 Å². The molecule has 794 valence electrons. The monoisotopic (exact) mass is 2040 g/mol. The molecule has 12 fully saturated rings. The van der Waals surface area contributed by atoms with Gasteiger partial charge in [0.25, 0.3) is 0 Å². The zero-order valence-corrected chi connectivity index (χ0v) is 93.4. The van der Waals surface area contributed by atoms with Crippen LogP contribution in [-0.2, 0) is 4.79 Å². The summed E-state index contributed by atoms with van der Waals surface area (Å²) in [6.07, 6.45) is 68.5. The van der Waals surface area contributed by atoms with Crippen LogP contribution < -0.4 is 0 Å². The molecule has 4 aromatic heterocycles. The molecule has 142 heavy (non-hydrogen) atoms. The molecule has 0 aliphatic heterocycles. The molecular weight excluding hydrogens is 1840 g/mol. The summed E-state index contributed by atoms with van der Waals surface area (Å²) in [7, 11) is 1.25. The van der Waals surface area contributed by atoms with E-state index in [1.807, 2.05) is 72.8 Å². The SMILES string of the molecule is Brc1ccccn1.C.CC[C@]1(O)CC[C@@]2(C)C(=CC[C@H]3[C@@H]4CC[C@H]([C@H](C)CCC(O)c5ccccn5)[C@@]4(C)CC[C@@H]32)C1.CC[C@]1(O)CC[C@@]2(C)C(=CC[C@H]3[C@@H]4CC[C@H]([C@H](C)CCC=O)[C@@]4(C)CC[C@@H]32)C1.CC[C@]1(O)CC[C@@]2(C)C(=CC[C@H]3[C@@H]4CC[C@H]([C@H](C)CC[C@@H](O)c5ccccn5)[C@@]4(C)CC[C@@H]32)C1.CC[C@]1(O)CC[C@@]2(C)C(=CC[C@H]3[C@@H]4CC[C@H]([C@H](C)CC[C@H](O)c5ccccn5)[C@@]4(C)CC[C@@H]32)C1.CSF.[2H]C. The number of halogens is 2. The molecule has 15 heteroatoms. The van der Waals surface area contributed by atoms with Crippen LogP contribution in [0.5, 0.6) is 0 Å². The first-order chi connectivity index (χ1) is 67.7. The molecule has 0 spiro atoms. The Hall–Kier alpha value is -4.29. The minimum Gasteiger partial charge on any atom is -0.390 e. The number of pyridine rings is 4. The molecule has 7 N–H and O–H groups in total. The van der Waals surface area contributed by atoms with Gasteiger partial charge in [0.05, 0.1) is 57.8 Å². The van der Waals surface area contributed by atoms with Crippen LogP contribution in [0, 0.1) is 162 Å². The van der Waals surface area contributed by atoms with Crippen molar-refractivity contribution in [1.82, 2.24) is 19.9 Å². The molecule has 1 unspecified atom stereocenters. The topological polar surface area (TPSA) is 210 Å². The van der Waals surface area contributed by atoms with Crippen molar-refractivity contribution in [2.75, 3.05) is 6.26 Å². The van der Waals surface area contributed by atoms with Crippen molar-refractivity contribution in [1.29, 1.82) is 0 Å². The lowest BCUT2D eigenvalue weighted by molar-refractivity contribution is -0.108. The van der Waals surface area contributed by atoms with Crippen molar-refractivity contribution in [3.63, 3.8) is 0 Å². The predicted octanol–water partition coefficient (Wildman–Crippen LogP) is 32.4. The minimum atomic E-state index is -0.463. The van der Waals surface area contributed by atoms with Crippen LogP contribution in [-0.4, -0.2) is 90.6 Å². The highest BCUT2D eigenvalue weighted by Crippen LogP contribution is 2.74. The van der Waals surface area contributed by atoms with E-state index in [0.29, 0.717) is 67.0 Å². The molecule has 12 nitrogen and oxygen atoms in total. The van der Waals surface area contributed by atoms with Gasteiger partial charge in [0.15, 0.2) is 0 Å². The van der Waals surface area contributed by atoms with Gasteiger partial charge in [-0.05, 0) is 502 Å². The Morgan fingerprint density at radius 2 is 0.606 bits per heavy atom. The number of hydrogen-bond donors (Lipinski definition) is 7. The van der Waals surface area contributed by atoms with Gasteiger partial charge in [0, 0.05) is 51.0 Å². The summed E-state index contributed by atoms with van der Waals surface area (Å²) in [6, 6.07) is 23.2. The van der Waals surface area contributed by atoms with E-state index in [1.165, 1.54) is 168 Å². The van der Waals surface area contributed by atoms with Crippen molar-refractivity contribution >= 4 is 34.4 Å². The second kappa shape index (κ2) is 47.3. The summed E-state index contributed by atoms with van der Waals surface area (Å²) in [4.78, 5) is 27.9. The van der Waals surface area contributed by atoms with Crippen molar-refractivity contribution in [3.8, 4) is 0 Å². The van der Waals surface area contributed by atoms with E-state index >= 15 is 0 Å². The molecule has 20 rings (SSSR count). The Balaban J connectivity index is 0.000000154. The molecule has 35 atom stereocenters. The average molecular weight is 2040 g/mol. The van der Waals surface area contributed by atoms with Gasteiger partial charge < -0.3 is 40.5 Å². The van der Waals surface area contributed by atoms with Crippen LogP contribution in [0.4, 0.5) is 3.89 Å². The molecular formula is C127H198BrFN4O8S. The maximum absolute atomic E-state index is 11.0. The molecule has 4 heterocycles. The second-order valence-corrected chi connectivity index (χ2v) is 53.1. The molecule has 4 aromatic rings. The molecule has 12 saturated carbocycles. The molecule has 0 bridgehead atoms. The molecule has 16 aliphatic rings. The van der Waals surface area contributed by atoms with E-state index in [1.54, 1.807) is 47.1 Å². The highest BCUT2D eigenvalue weighted by atomic mass is 79.9. The average Bonchev–Trinajstić information content (AvgIpc) is 0.834. The number of aldehydes is 1. The van der Waals surface area contributed by atoms with Crippen molar-refractivity contribution < 1.29 is 45.8 Å². The van der Waals surface area contributed by atoms with E-state index in [9.17, 15) is 44.4 Å². The third-order valence-corrected chi connectivity index (χ3v) is 46.3. The molecule has 0 radical (unpaired) electrons. The first-order valence-corrected chi connectivity index (χ1v) is 59.2.